The molecule has 2 rings (SSSR count). The highest BCUT2D eigenvalue weighted by Gasteiger charge is 2.27. The van der Waals surface area contributed by atoms with Gasteiger partial charge in [0.15, 0.2) is 0 Å². The van der Waals surface area contributed by atoms with Gasteiger partial charge in [-0.3, -0.25) is 0 Å². The zero-order valence-corrected chi connectivity index (χ0v) is 11.0. The predicted octanol–water partition coefficient (Wildman–Crippen LogP) is 2.44. The maximum absolute atomic E-state index is 5.70. The van der Waals surface area contributed by atoms with Gasteiger partial charge in [0.05, 0.1) is 0 Å². The van der Waals surface area contributed by atoms with E-state index in [4.69, 9.17) is 5.73 Å². The number of hydrogen-bond donors (Lipinski definition) is 1. The molecule has 2 fully saturated rings. The molecule has 0 radical (unpaired) electrons. The minimum atomic E-state index is 0. The highest BCUT2D eigenvalue weighted by Crippen LogP contribution is 2.27. The average Bonchev–Trinajstić information content (AvgIpc) is 2.67. The van der Waals surface area contributed by atoms with Crippen LogP contribution in [-0.2, 0) is 0 Å². The highest BCUT2D eigenvalue weighted by molar-refractivity contribution is 5.85. The van der Waals surface area contributed by atoms with Gasteiger partial charge in [0.25, 0.3) is 0 Å². The van der Waals surface area contributed by atoms with Crippen molar-refractivity contribution in [2.45, 2.75) is 44.6 Å². The van der Waals surface area contributed by atoms with E-state index in [1.165, 1.54) is 51.6 Å². The normalized spacial score (nSPS) is 28.2. The van der Waals surface area contributed by atoms with Crippen LogP contribution in [0.3, 0.4) is 0 Å². The van der Waals surface area contributed by atoms with Crippen molar-refractivity contribution in [2.75, 3.05) is 19.6 Å². The molecule has 0 aromatic carbocycles. The molecule has 0 amide bonds. The molecule has 2 aliphatic rings. The third-order valence-corrected chi connectivity index (χ3v) is 3.74. The first-order chi connectivity index (χ1) is 6.40. The molecule has 92 valence electrons. The van der Waals surface area contributed by atoms with Crippen molar-refractivity contribution in [3.63, 3.8) is 0 Å². The molecule has 0 spiro atoms. The lowest BCUT2D eigenvalue weighted by Gasteiger charge is -2.31. The zero-order chi connectivity index (χ0) is 9.10. The van der Waals surface area contributed by atoms with E-state index < -0.39 is 0 Å². The van der Waals surface area contributed by atoms with Crippen LogP contribution in [0.25, 0.3) is 0 Å². The van der Waals surface area contributed by atoms with E-state index in [1.54, 1.807) is 0 Å². The van der Waals surface area contributed by atoms with Crippen molar-refractivity contribution < 1.29 is 0 Å². The first-order valence-corrected chi connectivity index (χ1v) is 5.84. The fourth-order valence-electron chi connectivity index (χ4n) is 2.83. The summed E-state index contributed by atoms with van der Waals surface area (Å²) in [6.45, 7) is 3.48. The van der Waals surface area contributed by atoms with Crippen molar-refractivity contribution in [3.05, 3.63) is 0 Å². The van der Waals surface area contributed by atoms with Crippen LogP contribution in [0.15, 0.2) is 0 Å². The van der Waals surface area contributed by atoms with Crippen LogP contribution in [0, 0.1) is 5.92 Å². The molecule has 0 aromatic heterocycles. The van der Waals surface area contributed by atoms with Crippen molar-refractivity contribution >= 4 is 24.8 Å². The summed E-state index contributed by atoms with van der Waals surface area (Å²) < 4.78 is 0. The monoisotopic (exact) mass is 254 g/mol. The fourth-order valence-corrected chi connectivity index (χ4v) is 2.83. The van der Waals surface area contributed by atoms with Crippen molar-refractivity contribution in [1.29, 1.82) is 0 Å². The second kappa shape index (κ2) is 7.72. The standard InChI is InChI=1S/C11H22N2.2ClH/c12-8-10-6-7-13(9-10)11-4-2-1-3-5-11;;/h10-11H,1-9,12H2;2*1H. The van der Waals surface area contributed by atoms with Crippen LogP contribution >= 0.6 is 24.8 Å². The molecule has 4 heteroatoms. The van der Waals surface area contributed by atoms with Crippen LogP contribution in [0.4, 0.5) is 0 Å². The molecule has 1 saturated carbocycles. The Balaban J connectivity index is 0.000000980. The topological polar surface area (TPSA) is 29.3 Å². The molecule has 15 heavy (non-hydrogen) atoms. The lowest BCUT2D eigenvalue weighted by molar-refractivity contribution is 0.185. The Morgan fingerprint density at radius 1 is 1.00 bits per heavy atom. The Labute approximate surface area is 106 Å². The maximum Gasteiger partial charge on any atom is 0.00953 e. The molecule has 1 heterocycles. The largest absolute Gasteiger partial charge is 0.330 e. The minimum absolute atomic E-state index is 0. The molecule has 1 aliphatic heterocycles. The molecule has 1 atom stereocenters. The molecular formula is C11H24Cl2N2. The highest BCUT2D eigenvalue weighted by atomic mass is 35.5. The maximum atomic E-state index is 5.70. The molecule has 1 aliphatic carbocycles. The second-order valence-corrected chi connectivity index (χ2v) is 4.68. The van der Waals surface area contributed by atoms with Gasteiger partial charge >= 0.3 is 0 Å². The Bertz CT molecular complexity index is 161. The average molecular weight is 255 g/mol. The van der Waals surface area contributed by atoms with Gasteiger partial charge in [-0.05, 0) is 38.3 Å². The van der Waals surface area contributed by atoms with E-state index in [1.807, 2.05) is 0 Å². The van der Waals surface area contributed by atoms with Crippen molar-refractivity contribution in [2.24, 2.45) is 11.7 Å². The summed E-state index contributed by atoms with van der Waals surface area (Å²) in [6.07, 6.45) is 8.59. The number of likely N-dealkylation sites (tertiary alicyclic amines) is 1. The van der Waals surface area contributed by atoms with Crippen molar-refractivity contribution in [3.8, 4) is 0 Å². The van der Waals surface area contributed by atoms with Gasteiger partial charge in [-0.2, -0.15) is 0 Å². The molecular weight excluding hydrogens is 231 g/mol. The second-order valence-electron chi connectivity index (χ2n) is 4.68. The lowest BCUT2D eigenvalue weighted by atomic mass is 9.94. The number of hydrogen-bond acceptors (Lipinski definition) is 2. The number of rotatable bonds is 2. The third-order valence-electron chi connectivity index (χ3n) is 3.74. The Morgan fingerprint density at radius 2 is 1.67 bits per heavy atom. The van der Waals surface area contributed by atoms with Crippen molar-refractivity contribution in [1.82, 2.24) is 4.90 Å². The first kappa shape index (κ1) is 15.5. The zero-order valence-electron chi connectivity index (χ0n) is 9.36. The minimum Gasteiger partial charge on any atom is -0.330 e. The van der Waals surface area contributed by atoms with E-state index >= 15 is 0 Å². The van der Waals surface area contributed by atoms with Crippen LogP contribution in [-0.4, -0.2) is 30.6 Å². The lowest BCUT2D eigenvalue weighted by Crippen LogP contribution is -2.35. The summed E-state index contributed by atoms with van der Waals surface area (Å²) in [5.41, 5.74) is 5.70. The van der Waals surface area contributed by atoms with Gasteiger partial charge < -0.3 is 10.6 Å². The summed E-state index contributed by atoms with van der Waals surface area (Å²) in [7, 11) is 0. The summed E-state index contributed by atoms with van der Waals surface area (Å²) in [5.74, 6) is 0.793. The summed E-state index contributed by atoms with van der Waals surface area (Å²) >= 11 is 0. The van der Waals surface area contributed by atoms with Gasteiger partial charge in [0.1, 0.15) is 0 Å². The quantitative estimate of drug-likeness (QED) is 0.821. The van der Waals surface area contributed by atoms with Crippen LogP contribution in [0.2, 0.25) is 0 Å². The van der Waals surface area contributed by atoms with E-state index in [0.717, 1.165) is 18.5 Å². The van der Waals surface area contributed by atoms with Gasteiger partial charge in [-0.1, -0.05) is 19.3 Å². The van der Waals surface area contributed by atoms with E-state index in [0.29, 0.717) is 0 Å². The summed E-state index contributed by atoms with van der Waals surface area (Å²) in [6, 6.07) is 0.908. The smallest absolute Gasteiger partial charge is 0.00953 e. The summed E-state index contributed by atoms with van der Waals surface area (Å²) in [4.78, 5) is 2.69. The number of nitrogens with two attached hydrogens (primary N) is 1. The van der Waals surface area contributed by atoms with Gasteiger partial charge in [0.2, 0.25) is 0 Å². The predicted molar refractivity (Wildman–Crippen MR) is 70.1 cm³/mol. The molecule has 1 unspecified atom stereocenters. The van der Waals surface area contributed by atoms with Gasteiger partial charge in [-0.15, -0.1) is 24.8 Å². The van der Waals surface area contributed by atoms with Gasteiger partial charge in [0, 0.05) is 12.6 Å². The third kappa shape index (κ3) is 4.10. The number of halogens is 2. The Hall–Kier alpha value is 0.500. The van der Waals surface area contributed by atoms with Gasteiger partial charge in [-0.25, -0.2) is 0 Å². The van der Waals surface area contributed by atoms with Crippen LogP contribution < -0.4 is 5.73 Å². The Kier molecular flexibility index (Phi) is 7.98. The number of nitrogens with zero attached hydrogens (tertiary/aromatic N) is 1. The summed E-state index contributed by atoms with van der Waals surface area (Å²) in [5, 5.41) is 0. The van der Waals surface area contributed by atoms with Crippen LogP contribution in [0.1, 0.15) is 38.5 Å². The molecule has 0 aromatic rings. The Morgan fingerprint density at radius 3 is 2.20 bits per heavy atom. The van der Waals surface area contributed by atoms with E-state index in [9.17, 15) is 0 Å². The van der Waals surface area contributed by atoms with Crippen LogP contribution in [0.5, 0.6) is 0 Å². The molecule has 2 nitrogen and oxygen atoms in total. The van der Waals surface area contributed by atoms with E-state index in [2.05, 4.69) is 4.90 Å². The SMILES string of the molecule is Cl.Cl.NCC1CCN(C2CCCCC2)C1. The van der Waals surface area contributed by atoms with E-state index in [-0.39, 0.29) is 24.8 Å². The molecule has 1 saturated heterocycles. The fraction of sp³-hybridized carbons (Fsp3) is 1.00. The molecule has 0 bridgehead atoms. The molecule has 2 N–H and O–H groups in total. The first-order valence-electron chi connectivity index (χ1n) is 5.84.